The molecule has 0 radical (unpaired) electrons. The van der Waals surface area contributed by atoms with Gasteiger partial charge in [0.1, 0.15) is 24.4 Å². The first-order valence-electron chi connectivity index (χ1n) is 21.9. The van der Waals surface area contributed by atoms with E-state index in [4.69, 9.17) is 9.47 Å². The summed E-state index contributed by atoms with van der Waals surface area (Å²) in [7, 11) is 0. The Labute approximate surface area is 329 Å². The molecule has 0 bridgehead atoms. The van der Waals surface area contributed by atoms with Gasteiger partial charge in [0, 0.05) is 6.42 Å². The van der Waals surface area contributed by atoms with Crippen molar-refractivity contribution in [3.8, 4) is 0 Å². The molecule has 9 heteroatoms. The van der Waals surface area contributed by atoms with Gasteiger partial charge in [-0.25, -0.2) is 0 Å². The number of rotatable bonds is 35. The highest BCUT2D eigenvalue weighted by Gasteiger charge is 2.44. The van der Waals surface area contributed by atoms with Gasteiger partial charge in [0.2, 0.25) is 5.91 Å². The molecule has 6 N–H and O–H groups in total. The van der Waals surface area contributed by atoms with Gasteiger partial charge in [0.05, 0.1) is 25.4 Å². The number of allylic oxidation sites excluding steroid dienone is 7. The van der Waals surface area contributed by atoms with Crippen LogP contribution in [0, 0.1) is 0 Å². The Balaban J connectivity index is 2.38. The van der Waals surface area contributed by atoms with E-state index < -0.39 is 49.5 Å². The molecule has 1 amide bonds. The number of unbranched alkanes of at least 4 members (excludes halogenated alkanes) is 19. The Morgan fingerprint density at radius 1 is 0.611 bits per heavy atom. The number of aliphatic hydroxyl groups is 5. The van der Waals surface area contributed by atoms with Crippen LogP contribution in [0.5, 0.6) is 0 Å². The summed E-state index contributed by atoms with van der Waals surface area (Å²) in [6.45, 7) is 3.68. The van der Waals surface area contributed by atoms with Crippen molar-refractivity contribution in [2.24, 2.45) is 0 Å². The van der Waals surface area contributed by atoms with Crippen molar-refractivity contribution in [2.45, 2.75) is 217 Å². The van der Waals surface area contributed by atoms with Gasteiger partial charge in [0.25, 0.3) is 0 Å². The predicted molar refractivity (Wildman–Crippen MR) is 221 cm³/mol. The van der Waals surface area contributed by atoms with Gasteiger partial charge in [-0.15, -0.1) is 0 Å². The van der Waals surface area contributed by atoms with E-state index in [0.29, 0.717) is 6.42 Å². The standard InChI is InChI=1S/C45H81NO8/c1-3-5-7-9-11-13-15-17-18-19-20-21-22-23-25-27-29-31-33-35-41(49)46-38(37-53-45-44(52)43(51)42(50)40(36-47)54-45)39(48)34-32-30-28-26-24-16-14-12-10-8-6-4-2/h10,12,19-20,24,26,32,34,38-40,42-45,47-48,50-52H,3-9,11,13-18,21-23,25,27-31,33,35-37H2,1-2H3,(H,46,49)/b12-10+,20-19-,26-24+,34-32+. The Bertz CT molecular complexity index is 983. The lowest BCUT2D eigenvalue weighted by Crippen LogP contribution is -2.60. The number of aliphatic hydroxyl groups excluding tert-OH is 5. The summed E-state index contributed by atoms with van der Waals surface area (Å²) in [5, 5.41) is 54.0. The molecule has 1 fully saturated rings. The van der Waals surface area contributed by atoms with Crippen LogP contribution < -0.4 is 5.32 Å². The molecule has 0 aromatic rings. The summed E-state index contributed by atoms with van der Waals surface area (Å²) >= 11 is 0. The quantitative estimate of drug-likeness (QED) is 0.0278. The average molecular weight is 764 g/mol. The summed E-state index contributed by atoms with van der Waals surface area (Å²) in [6, 6.07) is -0.828. The molecule has 1 heterocycles. The van der Waals surface area contributed by atoms with E-state index in [1.807, 2.05) is 6.08 Å². The van der Waals surface area contributed by atoms with Crippen molar-refractivity contribution < 1.29 is 39.8 Å². The zero-order chi connectivity index (χ0) is 39.5. The maximum Gasteiger partial charge on any atom is 0.220 e. The maximum atomic E-state index is 12.9. The molecule has 7 unspecified atom stereocenters. The van der Waals surface area contributed by atoms with Crippen molar-refractivity contribution in [1.82, 2.24) is 5.32 Å². The number of nitrogens with one attached hydrogen (secondary N) is 1. The summed E-state index contributed by atoms with van der Waals surface area (Å²) in [5.74, 6) is -0.199. The topological polar surface area (TPSA) is 149 Å². The number of carbonyl (C=O) groups is 1. The smallest absolute Gasteiger partial charge is 0.220 e. The lowest BCUT2D eigenvalue weighted by Gasteiger charge is -2.40. The highest BCUT2D eigenvalue weighted by Crippen LogP contribution is 2.22. The van der Waals surface area contributed by atoms with E-state index in [9.17, 15) is 30.3 Å². The number of hydrogen-bond acceptors (Lipinski definition) is 8. The van der Waals surface area contributed by atoms with Crippen molar-refractivity contribution in [3.05, 3.63) is 48.6 Å². The minimum absolute atomic E-state index is 0.199. The highest BCUT2D eigenvalue weighted by atomic mass is 16.7. The molecule has 7 atom stereocenters. The van der Waals surface area contributed by atoms with Crippen molar-refractivity contribution in [2.75, 3.05) is 13.2 Å². The van der Waals surface area contributed by atoms with Crippen LogP contribution >= 0.6 is 0 Å². The van der Waals surface area contributed by atoms with Gasteiger partial charge in [0.15, 0.2) is 6.29 Å². The van der Waals surface area contributed by atoms with Crippen LogP contribution in [0.2, 0.25) is 0 Å². The molecule has 0 aromatic carbocycles. The maximum absolute atomic E-state index is 12.9. The van der Waals surface area contributed by atoms with Gasteiger partial charge in [-0.3, -0.25) is 4.79 Å². The summed E-state index contributed by atoms with van der Waals surface area (Å²) < 4.78 is 11.2. The van der Waals surface area contributed by atoms with Gasteiger partial charge in [-0.2, -0.15) is 0 Å². The number of amides is 1. The minimum Gasteiger partial charge on any atom is -0.394 e. The molecule has 1 aliphatic heterocycles. The lowest BCUT2D eigenvalue weighted by atomic mass is 9.99. The van der Waals surface area contributed by atoms with Gasteiger partial charge in [-0.1, -0.05) is 152 Å². The first kappa shape index (κ1) is 50.2. The third-order valence-electron chi connectivity index (χ3n) is 10.1. The highest BCUT2D eigenvalue weighted by molar-refractivity contribution is 5.76. The minimum atomic E-state index is -1.57. The summed E-state index contributed by atoms with van der Waals surface area (Å²) in [4.78, 5) is 12.9. The normalized spacial score (nSPS) is 21.9. The molecular weight excluding hydrogens is 682 g/mol. The number of ether oxygens (including phenoxy) is 2. The molecular formula is C45H81NO8. The molecule has 1 saturated heterocycles. The molecule has 0 spiro atoms. The third kappa shape index (κ3) is 26.1. The zero-order valence-electron chi connectivity index (χ0n) is 34.2. The van der Waals surface area contributed by atoms with Crippen molar-refractivity contribution in [1.29, 1.82) is 0 Å². The van der Waals surface area contributed by atoms with E-state index in [1.54, 1.807) is 6.08 Å². The number of carbonyl (C=O) groups excluding carboxylic acids is 1. The van der Waals surface area contributed by atoms with Crippen LogP contribution in [0.1, 0.15) is 174 Å². The molecule has 54 heavy (non-hydrogen) atoms. The van der Waals surface area contributed by atoms with E-state index in [-0.39, 0.29) is 12.5 Å². The predicted octanol–water partition coefficient (Wildman–Crippen LogP) is 8.67. The van der Waals surface area contributed by atoms with Crippen LogP contribution in [0.4, 0.5) is 0 Å². The SMILES string of the molecule is CCCC/C=C/CC/C=C/CC/C=C/C(O)C(COC1OC(CO)C(O)C(O)C1O)NC(=O)CCCCCCCCC/C=C\CCCCCCCCCC. The average Bonchev–Trinajstić information content (AvgIpc) is 3.17. The van der Waals surface area contributed by atoms with E-state index in [2.05, 4.69) is 55.6 Å². The van der Waals surface area contributed by atoms with Crippen LogP contribution in [-0.4, -0.2) is 87.5 Å². The van der Waals surface area contributed by atoms with Gasteiger partial charge in [-0.05, 0) is 64.2 Å². The Kier molecular flexibility index (Phi) is 33.0. The fraction of sp³-hybridized carbons (Fsp3) is 0.800. The van der Waals surface area contributed by atoms with Crippen LogP contribution in [-0.2, 0) is 14.3 Å². The van der Waals surface area contributed by atoms with Crippen LogP contribution in [0.25, 0.3) is 0 Å². The van der Waals surface area contributed by atoms with Crippen LogP contribution in [0.3, 0.4) is 0 Å². The third-order valence-corrected chi connectivity index (χ3v) is 10.1. The first-order valence-corrected chi connectivity index (χ1v) is 21.9. The van der Waals surface area contributed by atoms with Crippen molar-refractivity contribution in [3.63, 3.8) is 0 Å². The second kappa shape index (κ2) is 35.6. The van der Waals surface area contributed by atoms with E-state index in [1.165, 1.54) is 89.9 Å². The van der Waals surface area contributed by atoms with E-state index in [0.717, 1.165) is 64.2 Å². The molecule has 0 aromatic heterocycles. The molecule has 314 valence electrons. The Morgan fingerprint density at radius 3 is 1.61 bits per heavy atom. The largest absolute Gasteiger partial charge is 0.394 e. The van der Waals surface area contributed by atoms with Gasteiger partial charge < -0.3 is 40.3 Å². The summed E-state index contributed by atoms with van der Waals surface area (Å²) in [6.07, 6.45) is 37.3. The lowest BCUT2D eigenvalue weighted by molar-refractivity contribution is -0.302. The van der Waals surface area contributed by atoms with E-state index >= 15 is 0 Å². The van der Waals surface area contributed by atoms with Crippen molar-refractivity contribution >= 4 is 5.91 Å². The first-order chi connectivity index (χ1) is 26.3. The monoisotopic (exact) mass is 764 g/mol. The fourth-order valence-corrected chi connectivity index (χ4v) is 6.52. The molecule has 1 aliphatic rings. The van der Waals surface area contributed by atoms with Crippen LogP contribution in [0.15, 0.2) is 48.6 Å². The second-order valence-electron chi connectivity index (χ2n) is 15.1. The second-order valence-corrected chi connectivity index (χ2v) is 15.1. The zero-order valence-corrected chi connectivity index (χ0v) is 34.2. The summed E-state index contributed by atoms with van der Waals surface area (Å²) in [5.41, 5.74) is 0. The molecule has 1 rings (SSSR count). The molecule has 0 aliphatic carbocycles. The van der Waals surface area contributed by atoms with Gasteiger partial charge >= 0.3 is 0 Å². The number of hydrogen-bond donors (Lipinski definition) is 6. The molecule has 0 saturated carbocycles. The Hall–Kier alpha value is -1.85. The Morgan fingerprint density at radius 2 is 1.07 bits per heavy atom. The molecule has 9 nitrogen and oxygen atoms in total. The fourth-order valence-electron chi connectivity index (χ4n) is 6.52.